The fraction of sp³-hybridized carbons (Fsp3) is 0.562. The third-order valence-electron chi connectivity index (χ3n) is 4.14. The summed E-state index contributed by atoms with van der Waals surface area (Å²) >= 11 is 0. The van der Waals surface area contributed by atoms with E-state index < -0.39 is 0 Å². The van der Waals surface area contributed by atoms with E-state index in [-0.39, 0.29) is 5.91 Å². The summed E-state index contributed by atoms with van der Waals surface area (Å²) < 4.78 is 7.49. The second kappa shape index (κ2) is 5.73. The van der Waals surface area contributed by atoms with Gasteiger partial charge >= 0.3 is 0 Å². The third kappa shape index (κ3) is 2.47. The molecule has 2 aromatic rings. The van der Waals surface area contributed by atoms with Gasteiger partial charge in [0.1, 0.15) is 5.69 Å². The Labute approximate surface area is 119 Å². The molecule has 0 saturated heterocycles. The highest BCUT2D eigenvalue weighted by Gasteiger charge is 2.21. The van der Waals surface area contributed by atoms with Crippen molar-refractivity contribution in [1.82, 2.24) is 9.88 Å². The minimum Gasteiger partial charge on any atom is -0.463 e. The van der Waals surface area contributed by atoms with Crippen molar-refractivity contribution in [3.8, 4) is 0 Å². The van der Waals surface area contributed by atoms with Gasteiger partial charge < -0.3 is 14.3 Å². The maximum Gasteiger partial charge on any atom is 0.268 e. The van der Waals surface area contributed by atoms with Crippen LogP contribution in [0.5, 0.6) is 0 Å². The molecule has 1 amide bonds. The summed E-state index contributed by atoms with van der Waals surface area (Å²) in [5.74, 6) is 0.0387. The summed E-state index contributed by atoms with van der Waals surface area (Å²) in [7, 11) is 0. The predicted octanol–water partition coefficient (Wildman–Crippen LogP) is 3.71. The van der Waals surface area contributed by atoms with E-state index in [1.54, 1.807) is 6.26 Å². The molecule has 0 bridgehead atoms. The summed E-state index contributed by atoms with van der Waals surface area (Å²) in [5, 5.41) is 3.18. The Kier molecular flexibility index (Phi) is 3.81. The molecule has 1 aliphatic carbocycles. The van der Waals surface area contributed by atoms with Gasteiger partial charge in [-0.25, -0.2) is 0 Å². The summed E-state index contributed by atoms with van der Waals surface area (Å²) in [5.41, 5.74) is 2.54. The first-order chi connectivity index (χ1) is 9.79. The summed E-state index contributed by atoms with van der Waals surface area (Å²) in [6, 6.07) is 4.14. The fourth-order valence-corrected chi connectivity index (χ4v) is 3.14. The van der Waals surface area contributed by atoms with Crippen LogP contribution in [-0.4, -0.2) is 16.5 Å². The first-order valence-electron chi connectivity index (χ1n) is 7.67. The highest BCUT2D eigenvalue weighted by molar-refractivity contribution is 5.97. The van der Waals surface area contributed by atoms with Crippen molar-refractivity contribution in [3.63, 3.8) is 0 Å². The normalized spacial score (nSPS) is 16.6. The number of fused-ring (bicyclic) bond motifs is 1. The van der Waals surface area contributed by atoms with Crippen LogP contribution in [0.3, 0.4) is 0 Å². The minimum atomic E-state index is 0.0387. The largest absolute Gasteiger partial charge is 0.463 e. The van der Waals surface area contributed by atoms with Crippen LogP contribution in [0.4, 0.5) is 0 Å². The zero-order chi connectivity index (χ0) is 13.9. The average Bonchev–Trinajstić information content (AvgIpc) is 3.03. The van der Waals surface area contributed by atoms with Crippen molar-refractivity contribution in [2.75, 3.05) is 0 Å². The number of nitrogens with zero attached hydrogens (tertiary/aromatic N) is 1. The maximum atomic E-state index is 12.5. The van der Waals surface area contributed by atoms with Crippen molar-refractivity contribution in [2.45, 2.75) is 58.0 Å². The molecule has 20 heavy (non-hydrogen) atoms. The highest BCUT2D eigenvalue weighted by atomic mass is 16.3. The number of rotatable bonds is 4. The molecular formula is C16H22N2O2. The zero-order valence-electron chi connectivity index (χ0n) is 12.0. The lowest BCUT2D eigenvalue weighted by Crippen LogP contribution is -2.37. The number of aryl methyl sites for hydroxylation is 1. The number of hydrogen-bond acceptors (Lipinski definition) is 2. The molecule has 2 aromatic heterocycles. The number of furan rings is 1. The van der Waals surface area contributed by atoms with Crippen LogP contribution in [0.2, 0.25) is 0 Å². The van der Waals surface area contributed by atoms with E-state index in [0.29, 0.717) is 6.04 Å². The summed E-state index contributed by atoms with van der Waals surface area (Å²) in [4.78, 5) is 12.5. The lowest BCUT2D eigenvalue weighted by molar-refractivity contribution is 0.0918. The van der Waals surface area contributed by atoms with Crippen molar-refractivity contribution in [3.05, 3.63) is 24.1 Å². The molecule has 1 N–H and O–H groups in total. The van der Waals surface area contributed by atoms with E-state index in [9.17, 15) is 4.79 Å². The van der Waals surface area contributed by atoms with Crippen LogP contribution in [-0.2, 0) is 6.54 Å². The Morgan fingerprint density at radius 2 is 2.20 bits per heavy atom. The molecule has 0 unspecified atom stereocenters. The molecular weight excluding hydrogens is 252 g/mol. The van der Waals surface area contributed by atoms with Gasteiger partial charge in [-0.3, -0.25) is 4.79 Å². The highest BCUT2D eigenvalue weighted by Crippen LogP contribution is 2.23. The van der Waals surface area contributed by atoms with Crippen LogP contribution in [0, 0.1) is 0 Å². The lowest BCUT2D eigenvalue weighted by Gasteiger charge is -2.23. The van der Waals surface area contributed by atoms with E-state index in [4.69, 9.17) is 4.42 Å². The minimum absolute atomic E-state index is 0.0387. The number of nitrogens with one attached hydrogen (secondary N) is 1. The van der Waals surface area contributed by atoms with E-state index in [0.717, 1.165) is 42.6 Å². The number of carbonyl (C=O) groups excluding carboxylic acids is 1. The fourth-order valence-electron chi connectivity index (χ4n) is 3.14. The number of aromatic nitrogens is 1. The van der Waals surface area contributed by atoms with Crippen LogP contribution in [0.1, 0.15) is 55.9 Å². The smallest absolute Gasteiger partial charge is 0.268 e. The molecule has 0 radical (unpaired) electrons. The van der Waals surface area contributed by atoms with E-state index in [2.05, 4.69) is 16.8 Å². The van der Waals surface area contributed by atoms with Crippen molar-refractivity contribution in [2.24, 2.45) is 0 Å². The molecule has 1 aliphatic rings. The van der Waals surface area contributed by atoms with Gasteiger partial charge in [0.15, 0.2) is 5.58 Å². The average molecular weight is 274 g/mol. The van der Waals surface area contributed by atoms with Crippen LogP contribution in [0.15, 0.2) is 22.8 Å². The Morgan fingerprint density at radius 3 is 2.95 bits per heavy atom. The quantitative estimate of drug-likeness (QED) is 0.924. The Morgan fingerprint density at radius 1 is 1.40 bits per heavy atom. The zero-order valence-corrected chi connectivity index (χ0v) is 12.0. The van der Waals surface area contributed by atoms with Gasteiger partial charge in [-0.1, -0.05) is 26.2 Å². The van der Waals surface area contributed by atoms with Crippen molar-refractivity contribution in [1.29, 1.82) is 0 Å². The molecule has 0 aliphatic heterocycles. The van der Waals surface area contributed by atoms with Crippen LogP contribution < -0.4 is 5.32 Å². The Balaban J connectivity index is 1.82. The van der Waals surface area contributed by atoms with E-state index >= 15 is 0 Å². The van der Waals surface area contributed by atoms with Gasteiger partial charge in [0, 0.05) is 24.7 Å². The van der Waals surface area contributed by atoms with Gasteiger partial charge in [-0.2, -0.15) is 0 Å². The first kappa shape index (κ1) is 13.3. The maximum absolute atomic E-state index is 12.5. The number of carbonyl (C=O) groups is 1. The van der Waals surface area contributed by atoms with Gasteiger partial charge in [-0.05, 0) is 19.3 Å². The van der Waals surface area contributed by atoms with Gasteiger partial charge in [0.05, 0.1) is 11.8 Å². The van der Waals surface area contributed by atoms with Gasteiger partial charge in [-0.15, -0.1) is 0 Å². The van der Waals surface area contributed by atoms with Crippen LogP contribution >= 0.6 is 0 Å². The standard InChI is InChI=1S/C16H22N2O2/c1-2-9-18-13-8-10-20-15(13)11-14(18)16(19)17-12-6-4-3-5-7-12/h8,10-12H,2-7,9H2,1H3,(H,17,19). The molecule has 1 saturated carbocycles. The van der Waals surface area contributed by atoms with Gasteiger partial charge in [0.2, 0.25) is 0 Å². The molecule has 4 heteroatoms. The second-order valence-corrected chi connectivity index (χ2v) is 5.66. The molecule has 108 valence electrons. The first-order valence-corrected chi connectivity index (χ1v) is 7.67. The predicted molar refractivity (Wildman–Crippen MR) is 78.8 cm³/mol. The molecule has 4 nitrogen and oxygen atoms in total. The number of amides is 1. The Bertz CT molecular complexity index is 591. The van der Waals surface area contributed by atoms with E-state index in [1.165, 1.54) is 19.3 Å². The Hall–Kier alpha value is -1.71. The second-order valence-electron chi connectivity index (χ2n) is 5.66. The third-order valence-corrected chi connectivity index (χ3v) is 4.14. The van der Waals surface area contributed by atoms with Crippen molar-refractivity contribution < 1.29 is 9.21 Å². The molecule has 0 atom stereocenters. The molecule has 0 aromatic carbocycles. The molecule has 1 fully saturated rings. The molecule has 3 rings (SSSR count). The SMILES string of the molecule is CCCn1c(C(=O)NC2CCCCC2)cc2occc21. The van der Waals surface area contributed by atoms with Crippen LogP contribution in [0.25, 0.3) is 11.1 Å². The molecule has 0 spiro atoms. The number of hydrogen-bond donors (Lipinski definition) is 1. The van der Waals surface area contributed by atoms with Gasteiger partial charge in [0.25, 0.3) is 5.91 Å². The molecule has 2 heterocycles. The summed E-state index contributed by atoms with van der Waals surface area (Å²) in [6.45, 7) is 2.96. The summed E-state index contributed by atoms with van der Waals surface area (Å²) in [6.07, 6.45) is 8.64. The van der Waals surface area contributed by atoms with Crippen molar-refractivity contribution >= 4 is 17.0 Å². The monoisotopic (exact) mass is 274 g/mol. The van der Waals surface area contributed by atoms with E-state index in [1.807, 2.05) is 12.1 Å². The lowest BCUT2D eigenvalue weighted by atomic mass is 9.95. The topological polar surface area (TPSA) is 47.2 Å².